The number of allylic oxidation sites excluding steroid dienone is 1. The second-order valence-corrected chi connectivity index (χ2v) is 9.80. The van der Waals surface area contributed by atoms with Crippen molar-refractivity contribution < 1.29 is 14.6 Å². The van der Waals surface area contributed by atoms with Crippen LogP contribution in [-0.2, 0) is 6.42 Å². The summed E-state index contributed by atoms with van der Waals surface area (Å²) in [6, 6.07) is 20.6. The Balaban J connectivity index is 1.66. The zero-order valence-corrected chi connectivity index (χ0v) is 20.7. The number of rotatable bonds is 4. The van der Waals surface area contributed by atoms with Gasteiger partial charge in [0, 0.05) is 11.1 Å². The van der Waals surface area contributed by atoms with E-state index in [1.54, 1.807) is 43.1 Å². The summed E-state index contributed by atoms with van der Waals surface area (Å²) in [5.74, 6) is 1.38. The third-order valence-electron chi connectivity index (χ3n) is 6.77. The average Bonchev–Trinajstić information content (AvgIpc) is 3.21. The van der Waals surface area contributed by atoms with Crippen LogP contribution in [0.2, 0.25) is 0 Å². The molecular weight excluding hydrogens is 472 g/mol. The topological polar surface area (TPSA) is 73.0 Å². The smallest absolute Gasteiger partial charge is 0.271 e. The van der Waals surface area contributed by atoms with Gasteiger partial charge in [0.25, 0.3) is 5.56 Å². The van der Waals surface area contributed by atoms with Gasteiger partial charge in [-0.15, -0.1) is 0 Å². The van der Waals surface area contributed by atoms with E-state index in [1.165, 1.54) is 16.9 Å². The Labute approximate surface area is 211 Å². The largest absolute Gasteiger partial charge is 0.508 e. The Morgan fingerprint density at radius 3 is 2.67 bits per heavy atom. The summed E-state index contributed by atoms with van der Waals surface area (Å²) in [4.78, 5) is 19.6. The molecule has 0 amide bonds. The van der Waals surface area contributed by atoms with Gasteiger partial charge in [-0.3, -0.25) is 9.36 Å². The van der Waals surface area contributed by atoms with Crippen molar-refractivity contribution >= 4 is 23.1 Å². The lowest BCUT2D eigenvalue weighted by molar-refractivity contribution is 0.348. The van der Waals surface area contributed by atoms with Gasteiger partial charge in [-0.25, -0.2) is 4.99 Å². The lowest BCUT2D eigenvalue weighted by Gasteiger charge is -2.31. The summed E-state index contributed by atoms with van der Waals surface area (Å²) in [5, 5.41) is 9.90. The predicted octanol–water partition coefficient (Wildman–Crippen LogP) is 4.04. The van der Waals surface area contributed by atoms with Gasteiger partial charge in [0.1, 0.15) is 5.75 Å². The van der Waals surface area contributed by atoms with Crippen molar-refractivity contribution in [2.75, 3.05) is 14.2 Å². The molecule has 0 spiro atoms. The van der Waals surface area contributed by atoms with Crippen LogP contribution in [0.5, 0.6) is 17.2 Å². The van der Waals surface area contributed by atoms with E-state index in [0.29, 0.717) is 20.8 Å². The number of nitrogens with zero attached hydrogens (tertiary/aromatic N) is 2. The highest BCUT2D eigenvalue weighted by Crippen LogP contribution is 2.45. The monoisotopic (exact) mass is 496 g/mol. The van der Waals surface area contributed by atoms with Crippen LogP contribution < -0.4 is 24.4 Å². The minimum Gasteiger partial charge on any atom is -0.508 e. The molecule has 6 rings (SSSR count). The van der Waals surface area contributed by atoms with Crippen LogP contribution in [0.25, 0.3) is 11.8 Å². The van der Waals surface area contributed by atoms with E-state index < -0.39 is 0 Å². The second kappa shape index (κ2) is 8.84. The molecule has 2 aliphatic rings. The van der Waals surface area contributed by atoms with Crippen molar-refractivity contribution in [3.63, 3.8) is 0 Å². The molecule has 2 heterocycles. The molecule has 1 atom stereocenters. The first-order valence-corrected chi connectivity index (χ1v) is 12.5. The van der Waals surface area contributed by atoms with E-state index in [4.69, 9.17) is 14.5 Å². The van der Waals surface area contributed by atoms with Crippen LogP contribution in [0, 0.1) is 0 Å². The van der Waals surface area contributed by atoms with Gasteiger partial charge >= 0.3 is 0 Å². The Hall–Kier alpha value is -4.10. The maximum atomic E-state index is 13.9. The number of thiazole rings is 1. The highest BCUT2D eigenvalue weighted by atomic mass is 32.1. The van der Waals surface area contributed by atoms with E-state index >= 15 is 0 Å². The molecule has 3 aromatic carbocycles. The minimum atomic E-state index is -0.374. The standard InChI is InChI=1S/C29H24N2O4S/c1-34-23-12-6-11-22(27(23)35-2)26-21-14-13-18-8-3-4-10-20(18)25(21)30-29-31(26)28(33)24(36-29)16-17-7-5-9-19(32)15-17/h3-12,15-16,26,32H,13-14H2,1-2H3/b24-16+/t26-/m1/s1. The van der Waals surface area contributed by atoms with Crippen molar-refractivity contribution in [3.8, 4) is 17.2 Å². The molecule has 180 valence electrons. The number of hydrogen-bond acceptors (Lipinski definition) is 6. The SMILES string of the molecule is COc1cccc([C@H]2C3=C(N=c4s/c(=C/c5cccc(O)c5)c(=O)n42)c2ccccc2CC3)c1OC. The number of phenolic OH excluding ortho intramolecular Hbond substituents is 1. The van der Waals surface area contributed by atoms with E-state index in [2.05, 4.69) is 18.2 Å². The van der Waals surface area contributed by atoms with Gasteiger partial charge in [-0.1, -0.05) is 59.9 Å². The first kappa shape index (κ1) is 22.4. The number of hydrogen-bond donors (Lipinski definition) is 1. The Morgan fingerprint density at radius 1 is 1.03 bits per heavy atom. The van der Waals surface area contributed by atoms with Crippen LogP contribution in [0.4, 0.5) is 0 Å². The number of methoxy groups -OCH3 is 2. The second-order valence-electron chi connectivity index (χ2n) is 8.79. The van der Waals surface area contributed by atoms with Crippen LogP contribution in [0.1, 0.15) is 34.7 Å². The molecule has 0 saturated carbocycles. The Morgan fingerprint density at radius 2 is 1.86 bits per heavy atom. The summed E-state index contributed by atoms with van der Waals surface area (Å²) < 4.78 is 13.7. The molecular formula is C29H24N2O4S. The number of para-hydroxylation sites is 1. The summed E-state index contributed by atoms with van der Waals surface area (Å²) in [6.07, 6.45) is 3.47. The molecule has 4 aromatic rings. The lowest BCUT2D eigenvalue weighted by Crippen LogP contribution is -2.39. The fourth-order valence-corrected chi connectivity index (χ4v) is 6.19. The van der Waals surface area contributed by atoms with Crippen molar-refractivity contribution in [2.24, 2.45) is 4.99 Å². The number of aromatic hydroxyl groups is 1. The molecule has 36 heavy (non-hydrogen) atoms. The van der Waals surface area contributed by atoms with E-state index in [9.17, 15) is 9.90 Å². The number of fused-ring (bicyclic) bond motifs is 3. The van der Waals surface area contributed by atoms with Crippen molar-refractivity contribution in [2.45, 2.75) is 18.9 Å². The normalized spacial score (nSPS) is 16.6. The number of ether oxygens (including phenoxy) is 2. The number of aryl methyl sites for hydroxylation is 1. The van der Waals surface area contributed by atoms with E-state index in [1.807, 2.05) is 30.3 Å². The highest BCUT2D eigenvalue weighted by Gasteiger charge is 2.34. The third-order valence-corrected chi connectivity index (χ3v) is 7.75. The van der Waals surface area contributed by atoms with Crippen molar-refractivity contribution in [1.82, 2.24) is 4.57 Å². The molecule has 7 heteroatoms. The molecule has 0 radical (unpaired) electrons. The van der Waals surface area contributed by atoms with E-state index in [-0.39, 0.29) is 17.4 Å². The zero-order chi connectivity index (χ0) is 24.8. The zero-order valence-electron chi connectivity index (χ0n) is 19.9. The predicted molar refractivity (Wildman–Crippen MR) is 140 cm³/mol. The molecule has 1 aromatic heterocycles. The van der Waals surface area contributed by atoms with Gasteiger partial charge in [0.2, 0.25) is 0 Å². The maximum Gasteiger partial charge on any atom is 0.271 e. The van der Waals surface area contributed by atoms with Gasteiger partial charge in [0.15, 0.2) is 16.3 Å². The molecule has 6 nitrogen and oxygen atoms in total. The summed E-state index contributed by atoms with van der Waals surface area (Å²) in [7, 11) is 3.24. The first-order chi connectivity index (χ1) is 17.6. The fraction of sp³-hybridized carbons (Fsp3) is 0.172. The average molecular weight is 497 g/mol. The molecule has 0 fully saturated rings. The maximum absolute atomic E-state index is 13.9. The number of phenols is 1. The van der Waals surface area contributed by atoms with Crippen LogP contribution >= 0.6 is 11.3 Å². The van der Waals surface area contributed by atoms with Crippen molar-refractivity contribution in [1.29, 1.82) is 0 Å². The highest BCUT2D eigenvalue weighted by molar-refractivity contribution is 7.07. The summed E-state index contributed by atoms with van der Waals surface area (Å²) >= 11 is 1.36. The van der Waals surface area contributed by atoms with Crippen LogP contribution in [-0.4, -0.2) is 23.9 Å². The molecule has 0 unspecified atom stereocenters. The number of aromatic nitrogens is 1. The van der Waals surface area contributed by atoms with Gasteiger partial charge in [-0.2, -0.15) is 0 Å². The van der Waals surface area contributed by atoms with E-state index in [0.717, 1.165) is 40.8 Å². The lowest BCUT2D eigenvalue weighted by atomic mass is 9.83. The van der Waals surface area contributed by atoms with Crippen LogP contribution in [0.15, 0.2) is 82.1 Å². The van der Waals surface area contributed by atoms with Gasteiger partial charge in [-0.05, 0) is 53.8 Å². The fourth-order valence-electron chi connectivity index (χ4n) is 5.19. The molecule has 1 aliphatic heterocycles. The molecule has 1 aliphatic carbocycles. The first-order valence-electron chi connectivity index (χ1n) is 11.7. The Bertz CT molecular complexity index is 1710. The quantitative estimate of drug-likeness (QED) is 0.463. The minimum absolute atomic E-state index is 0.123. The van der Waals surface area contributed by atoms with Crippen LogP contribution in [0.3, 0.4) is 0 Å². The molecule has 0 bridgehead atoms. The van der Waals surface area contributed by atoms with Gasteiger partial charge in [0.05, 0.1) is 30.5 Å². The molecule has 1 N–H and O–H groups in total. The Kier molecular flexibility index (Phi) is 5.49. The van der Waals surface area contributed by atoms with Gasteiger partial charge < -0.3 is 14.6 Å². The van der Waals surface area contributed by atoms with Crippen molar-refractivity contribution in [3.05, 3.63) is 114 Å². The summed E-state index contributed by atoms with van der Waals surface area (Å²) in [5.41, 5.74) is 5.89. The number of benzene rings is 3. The third kappa shape index (κ3) is 3.55. The molecule has 0 saturated heterocycles. The summed E-state index contributed by atoms with van der Waals surface area (Å²) in [6.45, 7) is 0.